The molecule has 31 heavy (non-hydrogen) atoms. The van der Waals surface area contributed by atoms with Crippen molar-refractivity contribution in [3.05, 3.63) is 72.8 Å². The van der Waals surface area contributed by atoms with Crippen LogP contribution in [0.4, 0.5) is 0 Å². The van der Waals surface area contributed by atoms with Gasteiger partial charge < -0.3 is 5.73 Å². The fourth-order valence-corrected chi connectivity index (χ4v) is 4.09. The second-order valence-corrected chi connectivity index (χ2v) is 7.93. The average Bonchev–Trinajstić information content (AvgIpc) is 3.46. The van der Waals surface area contributed by atoms with E-state index in [2.05, 4.69) is 44.4 Å². The number of pyridine rings is 1. The Morgan fingerprint density at radius 1 is 0.968 bits per heavy atom. The van der Waals surface area contributed by atoms with Crippen molar-refractivity contribution in [1.29, 1.82) is 0 Å². The first-order valence-corrected chi connectivity index (χ1v) is 10.3. The van der Waals surface area contributed by atoms with E-state index in [4.69, 9.17) is 15.7 Å². The summed E-state index contributed by atoms with van der Waals surface area (Å²) in [5, 5.41) is 6.82. The van der Waals surface area contributed by atoms with Gasteiger partial charge in [0.15, 0.2) is 17.3 Å². The zero-order valence-corrected chi connectivity index (χ0v) is 16.7. The van der Waals surface area contributed by atoms with Crippen LogP contribution in [0, 0.1) is 0 Å². The Labute approximate surface area is 178 Å². The zero-order valence-electron chi connectivity index (χ0n) is 16.7. The van der Waals surface area contributed by atoms with Gasteiger partial charge >= 0.3 is 0 Å². The number of aromatic amines is 1. The molecule has 0 aliphatic heterocycles. The van der Waals surface area contributed by atoms with E-state index in [0.717, 1.165) is 29.8 Å². The first kappa shape index (κ1) is 17.9. The summed E-state index contributed by atoms with van der Waals surface area (Å²) in [6.07, 6.45) is 10.2. The highest BCUT2D eigenvalue weighted by Crippen LogP contribution is 2.39. The third kappa shape index (κ3) is 2.91. The summed E-state index contributed by atoms with van der Waals surface area (Å²) in [6.45, 7) is 0. The van der Waals surface area contributed by atoms with Crippen molar-refractivity contribution in [2.45, 2.75) is 24.8 Å². The van der Waals surface area contributed by atoms with Crippen LogP contribution in [0.2, 0.25) is 0 Å². The van der Waals surface area contributed by atoms with Gasteiger partial charge in [0.2, 0.25) is 0 Å². The molecule has 8 nitrogen and oxygen atoms in total. The number of nitrogens with zero attached hydrogens (tertiary/aromatic N) is 6. The van der Waals surface area contributed by atoms with Gasteiger partial charge in [0, 0.05) is 23.6 Å². The SMILES string of the molecule is NC1(c2ccc(-n3c(-c4ccccn4)nc4cnc(-c5cn[nH]c5)nc43)cc2)CCC1. The number of rotatable bonds is 4. The Morgan fingerprint density at radius 2 is 1.84 bits per heavy atom. The minimum atomic E-state index is -0.198. The molecule has 0 atom stereocenters. The summed E-state index contributed by atoms with van der Waals surface area (Å²) < 4.78 is 2.02. The van der Waals surface area contributed by atoms with Crippen LogP contribution in [0.15, 0.2) is 67.3 Å². The van der Waals surface area contributed by atoms with Gasteiger partial charge in [0.05, 0.1) is 18.0 Å². The molecular weight excluding hydrogens is 388 g/mol. The predicted octanol–water partition coefficient (Wildman–Crippen LogP) is 3.61. The molecule has 0 unspecified atom stereocenters. The van der Waals surface area contributed by atoms with Gasteiger partial charge in [-0.2, -0.15) is 5.10 Å². The van der Waals surface area contributed by atoms with Crippen LogP contribution >= 0.6 is 0 Å². The molecule has 1 aliphatic rings. The smallest absolute Gasteiger partial charge is 0.169 e. The summed E-state index contributed by atoms with van der Waals surface area (Å²) in [6, 6.07) is 14.2. The van der Waals surface area contributed by atoms with Crippen LogP contribution in [0.25, 0.3) is 39.8 Å². The molecule has 1 fully saturated rings. The second-order valence-electron chi connectivity index (χ2n) is 7.93. The van der Waals surface area contributed by atoms with Crippen molar-refractivity contribution in [2.75, 3.05) is 0 Å². The Bertz CT molecular complexity index is 1350. The van der Waals surface area contributed by atoms with E-state index >= 15 is 0 Å². The normalized spacial score (nSPS) is 15.1. The van der Waals surface area contributed by atoms with Gasteiger partial charge in [-0.3, -0.25) is 14.6 Å². The molecule has 6 rings (SSSR count). The van der Waals surface area contributed by atoms with E-state index in [9.17, 15) is 0 Å². The number of hydrogen-bond acceptors (Lipinski definition) is 6. The molecule has 3 N–H and O–H groups in total. The third-order valence-corrected chi connectivity index (χ3v) is 6.00. The minimum Gasteiger partial charge on any atom is -0.321 e. The van der Waals surface area contributed by atoms with Gasteiger partial charge in [-0.15, -0.1) is 0 Å². The number of imidazole rings is 1. The van der Waals surface area contributed by atoms with E-state index in [-0.39, 0.29) is 5.54 Å². The molecular formula is C23H20N8. The summed E-state index contributed by atoms with van der Waals surface area (Å²) in [7, 11) is 0. The first-order valence-electron chi connectivity index (χ1n) is 10.3. The summed E-state index contributed by atoms with van der Waals surface area (Å²) in [5.74, 6) is 1.30. The lowest BCUT2D eigenvalue weighted by Gasteiger charge is -2.38. The van der Waals surface area contributed by atoms with Gasteiger partial charge in [-0.25, -0.2) is 15.0 Å². The van der Waals surface area contributed by atoms with Crippen LogP contribution in [-0.2, 0) is 5.54 Å². The van der Waals surface area contributed by atoms with Crippen LogP contribution in [0.5, 0.6) is 0 Å². The zero-order chi connectivity index (χ0) is 20.8. The standard InChI is InChI=1S/C23H20N8/c24-23(9-3-10-23)16-5-7-17(8-6-16)31-21(18-4-1-2-11-25-18)29-19-14-26-20(30-22(19)31)15-12-27-28-13-15/h1-2,4-8,11-14H,3,9-10,24H2,(H,27,28). The number of benzene rings is 1. The van der Waals surface area contributed by atoms with Crippen molar-refractivity contribution in [3.8, 4) is 28.6 Å². The highest BCUT2D eigenvalue weighted by Gasteiger charge is 2.34. The highest BCUT2D eigenvalue weighted by molar-refractivity contribution is 5.80. The van der Waals surface area contributed by atoms with E-state index in [1.807, 2.05) is 22.8 Å². The van der Waals surface area contributed by atoms with E-state index < -0.39 is 0 Å². The lowest BCUT2D eigenvalue weighted by atomic mass is 9.73. The Kier molecular flexibility index (Phi) is 3.94. The molecule has 0 spiro atoms. The topological polar surface area (TPSA) is 111 Å². The van der Waals surface area contributed by atoms with Crippen LogP contribution in [-0.4, -0.2) is 34.7 Å². The molecule has 8 heteroatoms. The molecule has 0 amide bonds. The summed E-state index contributed by atoms with van der Waals surface area (Å²) >= 11 is 0. The summed E-state index contributed by atoms with van der Waals surface area (Å²) in [5.41, 5.74) is 11.4. The molecule has 0 saturated heterocycles. The van der Waals surface area contributed by atoms with E-state index in [1.54, 1.807) is 24.8 Å². The Balaban J connectivity index is 1.55. The van der Waals surface area contributed by atoms with Gasteiger partial charge in [0.25, 0.3) is 0 Å². The molecule has 4 heterocycles. The van der Waals surface area contributed by atoms with Gasteiger partial charge in [-0.05, 0) is 49.1 Å². The van der Waals surface area contributed by atoms with E-state index in [0.29, 0.717) is 22.8 Å². The lowest BCUT2D eigenvalue weighted by molar-refractivity contribution is 0.253. The molecule has 5 aromatic rings. The largest absolute Gasteiger partial charge is 0.321 e. The van der Waals surface area contributed by atoms with Crippen molar-refractivity contribution < 1.29 is 0 Å². The fourth-order valence-electron chi connectivity index (χ4n) is 4.09. The second kappa shape index (κ2) is 6.82. The number of fused-ring (bicyclic) bond motifs is 1. The number of aromatic nitrogens is 7. The predicted molar refractivity (Wildman–Crippen MR) is 117 cm³/mol. The van der Waals surface area contributed by atoms with Crippen molar-refractivity contribution in [3.63, 3.8) is 0 Å². The molecule has 1 saturated carbocycles. The Morgan fingerprint density at radius 3 is 2.52 bits per heavy atom. The average molecular weight is 408 g/mol. The van der Waals surface area contributed by atoms with Crippen LogP contribution in [0.1, 0.15) is 24.8 Å². The monoisotopic (exact) mass is 408 g/mol. The first-order chi connectivity index (χ1) is 15.2. The van der Waals surface area contributed by atoms with Crippen molar-refractivity contribution >= 4 is 11.2 Å². The van der Waals surface area contributed by atoms with Gasteiger partial charge in [0.1, 0.15) is 11.2 Å². The number of H-pyrrole nitrogens is 1. The third-order valence-electron chi connectivity index (χ3n) is 6.00. The number of nitrogens with one attached hydrogen (secondary N) is 1. The number of hydrogen-bond donors (Lipinski definition) is 2. The van der Waals surface area contributed by atoms with Gasteiger partial charge in [-0.1, -0.05) is 18.2 Å². The maximum atomic E-state index is 6.52. The molecule has 4 aromatic heterocycles. The maximum absolute atomic E-state index is 6.52. The molecule has 152 valence electrons. The Hall–Kier alpha value is -3.91. The quantitative estimate of drug-likeness (QED) is 0.470. The van der Waals surface area contributed by atoms with Crippen LogP contribution in [0.3, 0.4) is 0 Å². The molecule has 1 aromatic carbocycles. The molecule has 0 bridgehead atoms. The highest BCUT2D eigenvalue weighted by atomic mass is 15.2. The molecule has 0 radical (unpaired) electrons. The van der Waals surface area contributed by atoms with E-state index in [1.165, 1.54) is 12.0 Å². The summed E-state index contributed by atoms with van der Waals surface area (Å²) in [4.78, 5) is 18.6. The minimum absolute atomic E-state index is 0.198. The van der Waals surface area contributed by atoms with Crippen molar-refractivity contribution in [2.24, 2.45) is 5.73 Å². The van der Waals surface area contributed by atoms with Crippen molar-refractivity contribution in [1.82, 2.24) is 34.7 Å². The lowest BCUT2D eigenvalue weighted by Crippen LogP contribution is -2.43. The van der Waals surface area contributed by atoms with Crippen LogP contribution < -0.4 is 5.73 Å². The maximum Gasteiger partial charge on any atom is 0.169 e. The molecule has 1 aliphatic carbocycles. The fraction of sp³-hybridized carbons (Fsp3) is 0.174. The number of nitrogens with two attached hydrogens (primary N) is 1.